The van der Waals surface area contributed by atoms with E-state index < -0.39 is 195 Å². The molecule has 1 aromatic heterocycles. The van der Waals surface area contributed by atoms with Gasteiger partial charge in [-0.25, -0.2) is 0 Å². The highest BCUT2D eigenvalue weighted by Gasteiger charge is 2.47. The van der Waals surface area contributed by atoms with Crippen LogP contribution in [0, 0.1) is 0 Å². The monoisotopic (exact) mass is 1090 g/mol. The largest absolute Gasteiger partial charge is 0.416 e. The number of thiol groups is 1. The molecule has 2 nitrogen and oxygen atoms in total. The predicted octanol–water partition coefficient (Wildman–Crippen LogP) is 13.4. The lowest BCUT2D eigenvalue weighted by Crippen LogP contribution is -2.75. The molecule has 0 unspecified atom stereocenters. The number of aromatic nitrogens is 1. The van der Waals surface area contributed by atoms with E-state index in [-0.39, 0.29) is 5.78 Å². The van der Waals surface area contributed by atoms with Crippen molar-refractivity contribution in [1.29, 1.82) is 0 Å². The Bertz CT molecular complexity index is 2530. The molecule has 392 valence electrons. The second-order valence-electron chi connectivity index (χ2n) is 15.7. The van der Waals surface area contributed by atoms with E-state index in [2.05, 4.69) is 12.6 Å². The zero-order valence-corrected chi connectivity index (χ0v) is 36.2. The summed E-state index contributed by atoms with van der Waals surface area (Å²) in [7, 11) is 0. The van der Waals surface area contributed by atoms with Crippen LogP contribution in [-0.4, -0.2) is 11.9 Å². The van der Waals surface area contributed by atoms with Crippen LogP contribution in [0.3, 0.4) is 0 Å². The molecule has 0 fully saturated rings. The van der Waals surface area contributed by atoms with Crippen LogP contribution in [0.2, 0.25) is 0 Å². The van der Waals surface area contributed by atoms with Gasteiger partial charge in [0.1, 0.15) is 6.15 Å². The number of hydrogen-bond donors (Lipinski definition) is 1. The van der Waals surface area contributed by atoms with Crippen molar-refractivity contribution in [3.05, 3.63) is 178 Å². The van der Waals surface area contributed by atoms with Crippen molar-refractivity contribution < 1.29 is 115 Å². The highest BCUT2D eigenvalue weighted by molar-refractivity contribution is 7.80. The normalized spacial score (nSPS) is 13.4. The Balaban J connectivity index is 0.000000520. The molecule has 5 aromatic carbocycles. The Morgan fingerprint density at radius 1 is 0.356 bits per heavy atom. The summed E-state index contributed by atoms with van der Waals surface area (Å²) < 4.78 is 343. The van der Waals surface area contributed by atoms with Gasteiger partial charge >= 0.3 is 49.4 Å². The highest BCUT2D eigenvalue weighted by Crippen LogP contribution is 2.41. The molecule has 0 bridgehead atoms. The van der Waals surface area contributed by atoms with Gasteiger partial charge in [0, 0.05) is 22.6 Å². The summed E-state index contributed by atoms with van der Waals surface area (Å²) in [6, 6.07) is 4.22. The van der Waals surface area contributed by atoms with Crippen LogP contribution in [0.15, 0.2) is 133 Å². The van der Waals surface area contributed by atoms with Crippen LogP contribution < -0.4 is 26.4 Å². The zero-order chi connectivity index (χ0) is 55.3. The molecule has 6 rings (SSSR count). The molecule has 0 aliphatic heterocycles. The van der Waals surface area contributed by atoms with Crippen molar-refractivity contribution in [2.45, 2.75) is 60.9 Å². The molecule has 6 aromatic rings. The van der Waals surface area contributed by atoms with Gasteiger partial charge < -0.3 is 0 Å². The van der Waals surface area contributed by atoms with Crippen molar-refractivity contribution in [3.63, 3.8) is 0 Å². The number of halogens is 24. The minimum absolute atomic E-state index is 0.0899. The number of carbonyl (C=O) groups is 1. The average molecular weight is 1090 g/mol. The van der Waals surface area contributed by atoms with Gasteiger partial charge in [0.2, 0.25) is 12.3 Å². The molecule has 0 amide bonds. The third-order valence-corrected chi connectivity index (χ3v) is 11.0. The summed E-state index contributed by atoms with van der Waals surface area (Å²) in [5.74, 6) is 0.0899. The van der Waals surface area contributed by atoms with E-state index >= 15 is 0 Å². The molecule has 28 heteroatoms. The Morgan fingerprint density at radius 2 is 0.603 bits per heavy atom. The van der Waals surface area contributed by atoms with Gasteiger partial charge in [-0.3, -0.25) is 4.79 Å². The topological polar surface area (TPSA) is 20.9 Å². The summed E-state index contributed by atoms with van der Waals surface area (Å²) in [6.07, 6.45) is -51.1. The van der Waals surface area contributed by atoms with Crippen molar-refractivity contribution in [2.24, 2.45) is 0 Å². The van der Waals surface area contributed by atoms with Crippen LogP contribution in [0.4, 0.5) is 105 Å². The molecule has 0 saturated carbocycles. The first-order valence-corrected chi connectivity index (χ1v) is 20.1. The molecular formula is C45H24BF24NOS. The number of rotatable bonds is 7. The highest BCUT2D eigenvalue weighted by atomic mass is 32.1. The number of carbonyl (C=O) groups excluding carboxylic acids is 1. The first-order valence-electron chi connectivity index (χ1n) is 19.6. The molecule has 1 heterocycles. The van der Waals surface area contributed by atoms with Gasteiger partial charge in [-0.1, -0.05) is 66.7 Å². The van der Waals surface area contributed by atoms with E-state index in [9.17, 15) is 110 Å². The van der Waals surface area contributed by atoms with Crippen molar-refractivity contribution in [1.82, 2.24) is 0 Å². The summed E-state index contributed by atoms with van der Waals surface area (Å²) in [5, 5.41) is 0. The lowest BCUT2D eigenvalue weighted by Gasteiger charge is -2.46. The van der Waals surface area contributed by atoms with E-state index in [4.69, 9.17) is 0 Å². The van der Waals surface area contributed by atoms with Gasteiger partial charge in [-0.15, -0.1) is 12.6 Å². The number of ketones is 1. The number of Topliss-reactive ketones (excluding diaryl/α,β-unsaturated/α-hetero) is 1. The number of nitrogens with zero attached hydrogens (tertiary/aromatic N) is 1. The maximum absolute atomic E-state index is 14.2. The second-order valence-corrected chi connectivity index (χ2v) is 16.3. The van der Waals surface area contributed by atoms with Gasteiger partial charge in [0.15, 0.2) is 12.4 Å². The van der Waals surface area contributed by atoms with Gasteiger partial charge in [-0.05, 0) is 36.4 Å². The van der Waals surface area contributed by atoms with Gasteiger partial charge in [0.25, 0.3) is 0 Å². The number of pyridine rings is 1. The van der Waals surface area contributed by atoms with Crippen LogP contribution >= 0.6 is 12.6 Å². The minimum Gasteiger partial charge on any atom is -0.287 e. The number of benzene rings is 5. The third-order valence-electron chi connectivity index (χ3n) is 10.7. The number of alkyl halides is 24. The average Bonchev–Trinajstić information content (AvgIpc) is 3.24. The van der Waals surface area contributed by atoms with E-state index in [1.165, 1.54) is 0 Å². The standard InChI is InChI=1S/C32H12BF24.C13H11NOS/c34-25(35,36)13-1-14(26(37,38)39)6-21(5-13)33(22-7-15(27(40,41)42)2-16(8-22)28(43,44)45,23-9-17(29(46,47)48)3-18(10-23)30(49,50)51)24-11-19(31(52,53)54)4-20(12-24)32(55,56)57;15-13(10-14-7-2-1-3-8-14)11-5-4-6-12(16)9-11/h1-12H;1-9H,10H2/q-1;/p+1. The number of hydrogen-bond acceptors (Lipinski definition) is 2. The molecule has 0 atom stereocenters. The van der Waals surface area contributed by atoms with Crippen LogP contribution in [0.1, 0.15) is 54.9 Å². The van der Waals surface area contributed by atoms with E-state index in [0.29, 0.717) is 12.1 Å². The maximum Gasteiger partial charge on any atom is 0.416 e. The van der Waals surface area contributed by atoms with E-state index in [0.717, 1.165) is 4.90 Å². The van der Waals surface area contributed by atoms with Crippen LogP contribution in [-0.2, 0) is 56.0 Å². The first-order chi connectivity index (χ1) is 33.0. The van der Waals surface area contributed by atoms with Gasteiger partial charge in [0.05, 0.1) is 44.5 Å². The Kier molecular flexibility index (Phi) is 15.6. The Labute approximate surface area is 399 Å². The van der Waals surface area contributed by atoms with Crippen LogP contribution in [0.25, 0.3) is 0 Å². The fourth-order valence-corrected chi connectivity index (χ4v) is 7.77. The fraction of sp³-hybridized carbons (Fsp3) is 0.200. The lowest BCUT2D eigenvalue weighted by atomic mass is 9.12. The van der Waals surface area contributed by atoms with Crippen LogP contribution in [0.5, 0.6) is 0 Å². The maximum atomic E-state index is 14.2. The smallest absolute Gasteiger partial charge is 0.287 e. The Morgan fingerprint density at radius 3 is 0.822 bits per heavy atom. The molecule has 0 spiro atoms. The summed E-state index contributed by atoms with van der Waals surface area (Å²) in [6.45, 7) is 0.359. The predicted molar refractivity (Wildman–Crippen MR) is 215 cm³/mol. The summed E-state index contributed by atoms with van der Waals surface area (Å²) in [4.78, 5) is 12.7. The fourth-order valence-electron chi connectivity index (χ4n) is 7.55. The minimum atomic E-state index is -6.13. The Hall–Kier alpha value is -6.35. The van der Waals surface area contributed by atoms with Crippen molar-refractivity contribution >= 4 is 46.4 Å². The summed E-state index contributed by atoms with van der Waals surface area (Å²) in [5.41, 5.74) is -29.5. The molecule has 73 heavy (non-hydrogen) atoms. The quantitative estimate of drug-likeness (QED) is 0.0556. The SMILES string of the molecule is FC(F)(F)c1cc([B-](c2cc(C(F)(F)F)cc(C(F)(F)F)c2)(c2cc(C(F)(F)F)cc(C(F)(F)F)c2)c2cc(C(F)(F)F)cc(C(F)(F)F)c2)cc(C(F)(F)F)c1.O=C(C[n+]1ccccc1)c1cccc(S)c1. The first kappa shape index (κ1) is 57.6. The summed E-state index contributed by atoms with van der Waals surface area (Å²) >= 11 is 4.22. The molecule has 0 aliphatic rings. The van der Waals surface area contributed by atoms with E-state index in [1.807, 2.05) is 53.4 Å². The van der Waals surface area contributed by atoms with Crippen molar-refractivity contribution in [2.75, 3.05) is 0 Å². The molecule has 0 saturated heterocycles. The zero-order valence-electron chi connectivity index (χ0n) is 35.3. The second kappa shape index (κ2) is 19.8. The van der Waals surface area contributed by atoms with Crippen molar-refractivity contribution in [3.8, 4) is 0 Å². The molecule has 0 aliphatic carbocycles. The molecular weight excluding hydrogens is 1070 g/mol. The molecule has 0 N–H and O–H groups in total. The lowest BCUT2D eigenvalue weighted by molar-refractivity contribution is -0.683. The van der Waals surface area contributed by atoms with E-state index in [1.54, 1.807) is 6.07 Å². The van der Waals surface area contributed by atoms with Gasteiger partial charge in [-0.2, -0.15) is 132 Å². The molecule has 0 radical (unpaired) electrons. The third kappa shape index (κ3) is 13.6.